The molecule has 0 aliphatic rings. The normalized spacial score (nSPS) is 10.0. The number of nitro benzene ring substituents is 1. The Morgan fingerprint density at radius 2 is 1.91 bits per heavy atom. The largest absolute Gasteiger partial charge is 0.456 e. The number of nitrogens with zero attached hydrogens (tertiary/aromatic N) is 1. The number of halogens is 2. The number of non-ortho nitro benzene ring substituents is 1. The van der Waals surface area contributed by atoms with E-state index in [2.05, 4.69) is 10.6 Å². The van der Waals surface area contributed by atoms with Crippen molar-refractivity contribution in [3.8, 4) is 11.5 Å². The van der Waals surface area contributed by atoms with Gasteiger partial charge in [-0.3, -0.25) is 10.1 Å². The van der Waals surface area contributed by atoms with Gasteiger partial charge in [-0.1, -0.05) is 23.2 Å². The SMILES string of the molecule is CNC(=O)Nc1ccc(Oc2ccc([N+](=O)[O-])cc2Cl)cc1Cl. The molecule has 2 aromatic rings. The highest BCUT2D eigenvalue weighted by molar-refractivity contribution is 6.34. The maximum Gasteiger partial charge on any atom is 0.319 e. The van der Waals surface area contributed by atoms with E-state index in [-0.39, 0.29) is 21.5 Å². The second-order valence-corrected chi connectivity index (χ2v) is 5.13. The minimum Gasteiger partial charge on any atom is -0.456 e. The number of amides is 2. The number of carbonyl (C=O) groups is 1. The van der Waals surface area contributed by atoms with Crippen molar-refractivity contribution >= 4 is 40.6 Å². The highest BCUT2D eigenvalue weighted by Gasteiger charge is 2.12. The number of hydrogen-bond acceptors (Lipinski definition) is 4. The Balaban J connectivity index is 2.19. The highest BCUT2D eigenvalue weighted by atomic mass is 35.5. The van der Waals surface area contributed by atoms with Gasteiger partial charge in [-0.05, 0) is 18.2 Å². The van der Waals surface area contributed by atoms with Crippen molar-refractivity contribution in [2.24, 2.45) is 0 Å². The molecule has 0 aliphatic heterocycles. The smallest absolute Gasteiger partial charge is 0.319 e. The maximum absolute atomic E-state index is 11.3. The first-order valence-electron chi connectivity index (χ1n) is 6.31. The maximum atomic E-state index is 11.3. The summed E-state index contributed by atoms with van der Waals surface area (Å²) in [5.74, 6) is 0.619. The Labute approximate surface area is 141 Å². The van der Waals surface area contributed by atoms with Crippen LogP contribution >= 0.6 is 23.2 Å². The molecule has 2 N–H and O–H groups in total. The third kappa shape index (κ3) is 4.24. The summed E-state index contributed by atoms with van der Waals surface area (Å²) >= 11 is 12.0. The van der Waals surface area contributed by atoms with Crippen LogP contribution in [-0.2, 0) is 0 Å². The van der Waals surface area contributed by atoms with Crippen LogP contribution in [0.5, 0.6) is 11.5 Å². The average molecular weight is 356 g/mol. The van der Waals surface area contributed by atoms with Crippen molar-refractivity contribution in [3.05, 3.63) is 56.6 Å². The molecule has 0 bridgehead atoms. The molecule has 0 heterocycles. The molecule has 23 heavy (non-hydrogen) atoms. The lowest BCUT2D eigenvalue weighted by Gasteiger charge is -2.10. The Kier molecular flexibility index (Phi) is 5.25. The molecule has 2 rings (SSSR count). The predicted molar refractivity (Wildman–Crippen MR) is 87.7 cm³/mol. The first-order chi connectivity index (χ1) is 10.9. The van der Waals surface area contributed by atoms with Crippen molar-refractivity contribution in [1.82, 2.24) is 5.32 Å². The minimum absolute atomic E-state index is 0.0999. The molecule has 0 atom stereocenters. The van der Waals surface area contributed by atoms with E-state index in [0.717, 1.165) is 0 Å². The molecule has 120 valence electrons. The van der Waals surface area contributed by atoms with Crippen LogP contribution in [0.1, 0.15) is 0 Å². The second kappa shape index (κ2) is 7.17. The van der Waals surface area contributed by atoms with Crippen LogP contribution in [0.4, 0.5) is 16.2 Å². The van der Waals surface area contributed by atoms with Crippen molar-refractivity contribution in [2.75, 3.05) is 12.4 Å². The molecular formula is C14H11Cl2N3O4. The van der Waals surface area contributed by atoms with E-state index < -0.39 is 11.0 Å². The number of rotatable bonds is 4. The summed E-state index contributed by atoms with van der Waals surface area (Å²) in [7, 11) is 1.48. The molecule has 2 aromatic carbocycles. The summed E-state index contributed by atoms with van der Waals surface area (Å²) in [6, 6.07) is 8.10. The number of ether oxygens (including phenoxy) is 1. The topological polar surface area (TPSA) is 93.5 Å². The van der Waals surface area contributed by atoms with Crippen LogP contribution in [0, 0.1) is 10.1 Å². The summed E-state index contributed by atoms with van der Waals surface area (Å²) in [5.41, 5.74) is 0.277. The Morgan fingerprint density at radius 3 is 2.48 bits per heavy atom. The molecule has 0 saturated heterocycles. The fraction of sp³-hybridized carbons (Fsp3) is 0.0714. The van der Waals surface area contributed by atoms with Gasteiger partial charge < -0.3 is 15.4 Å². The van der Waals surface area contributed by atoms with Crippen LogP contribution in [0.3, 0.4) is 0 Å². The molecule has 0 aromatic heterocycles. The monoisotopic (exact) mass is 355 g/mol. The first-order valence-corrected chi connectivity index (χ1v) is 7.06. The molecule has 0 unspecified atom stereocenters. The summed E-state index contributed by atoms with van der Waals surface area (Å²) in [6.07, 6.45) is 0. The fourth-order valence-electron chi connectivity index (χ4n) is 1.66. The number of benzene rings is 2. The Morgan fingerprint density at radius 1 is 1.17 bits per heavy atom. The van der Waals surface area contributed by atoms with E-state index in [1.54, 1.807) is 12.1 Å². The molecule has 0 radical (unpaired) electrons. The molecular weight excluding hydrogens is 345 g/mol. The van der Waals surface area contributed by atoms with E-state index in [0.29, 0.717) is 11.4 Å². The molecule has 7 nitrogen and oxygen atoms in total. The quantitative estimate of drug-likeness (QED) is 0.625. The van der Waals surface area contributed by atoms with Crippen LogP contribution < -0.4 is 15.4 Å². The number of nitrogens with one attached hydrogen (secondary N) is 2. The van der Waals surface area contributed by atoms with Gasteiger partial charge >= 0.3 is 6.03 Å². The summed E-state index contributed by atoms with van der Waals surface area (Å²) in [5, 5.41) is 16.0. The van der Waals surface area contributed by atoms with Crippen LogP contribution in [0.2, 0.25) is 10.0 Å². The zero-order chi connectivity index (χ0) is 17.0. The number of hydrogen-bond donors (Lipinski definition) is 2. The van der Waals surface area contributed by atoms with Gasteiger partial charge in [0.1, 0.15) is 11.5 Å². The van der Waals surface area contributed by atoms with Gasteiger partial charge in [-0.25, -0.2) is 4.79 Å². The second-order valence-electron chi connectivity index (χ2n) is 4.32. The van der Waals surface area contributed by atoms with Crippen molar-refractivity contribution in [2.45, 2.75) is 0 Å². The third-order valence-corrected chi connectivity index (χ3v) is 3.38. The Bertz CT molecular complexity index is 768. The summed E-state index contributed by atoms with van der Waals surface area (Å²) in [4.78, 5) is 21.4. The molecule has 9 heteroatoms. The zero-order valence-electron chi connectivity index (χ0n) is 11.8. The lowest BCUT2D eigenvalue weighted by molar-refractivity contribution is -0.384. The highest BCUT2D eigenvalue weighted by Crippen LogP contribution is 2.34. The van der Waals surface area contributed by atoms with E-state index in [4.69, 9.17) is 27.9 Å². The van der Waals surface area contributed by atoms with Crippen LogP contribution in [0.15, 0.2) is 36.4 Å². The molecule has 0 spiro atoms. The fourth-order valence-corrected chi connectivity index (χ4v) is 2.09. The van der Waals surface area contributed by atoms with Crippen LogP contribution in [0.25, 0.3) is 0 Å². The van der Waals surface area contributed by atoms with Crippen LogP contribution in [-0.4, -0.2) is 18.0 Å². The van der Waals surface area contributed by atoms with Gasteiger partial charge in [-0.2, -0.15) is 0 Å². The molecule has 0 fully saturated rings. The molecule has 0 saturated carbocycles. The lowest BCUT2D eigenvalue weighted by atomic mass is 10.3. The van der Waals surface area contributed by atoms with E-state index >= 15 is 0 Å². The number of carbonyl (C=O) groups excluding carboxylic acids is 1. The molecule has 2 amide bonds. The number of urea groups is 1. The number of anilines is 1. The lowest BCUT2D eigenvalue weighted by Crippen LogP contribution is -2.24. The summed E-state index contributed by atoms with van der Waals surface area (Å²) in [6.45, 7) is 0. The minimum atomic E-state index is -0.550. The van der Waals surface area contributed by atoms with Crippen molar-refractivity contribution < 1.29 is 14.5 Å². The van der Waals surface area contributed by atoms with E-state index in [1.165, 1.54) is 31.3 Å². The third-order valence-electron chi connectivity index (χ3n) is 2.77. The number of nitro groups is 1. The average Bonchev–Trinajstić information content (AvgIpc) is 2.51. The van der Waals surface area contributed by atoms with Gasteiger partial charge in [0.2, 0.25) is 0 Å². The van der Waals surface area contributed by atoms with Crippen molar-refractivity contribution in [1.29, 1.82) is 0 Å². The Hall–Kier alpha value is -2.51. The summed E-state index contributed by atoms with van der Waals surface area (Å²) < 4.78 is 5.54. The zero-order valence-corrected chi connectivity index (χ0v) is 13.3. The predicted octanol–water partition coefficient (Wildman–Crippen LogP) is 4.45. The molecule has 0 aliphatic carbocycles. The van der Waals surface area contributed by atoms with Crippen molar-refractivity contribution in [3.63, 3.8) is 0 Å². The van der Waals surface area contributed by atoms with E-state index in [9.17, 15) is 14.9 Å². The van der Waals surface area contributed by atoms with Gasteiger partial charge in [-0.15, -0.1) is 0 Å². The van der Waals surface area contributed by atoms with Gasteiger partial charge in [0.15, 0.2) is 0 Å². The van der Waals surface area contributed by atoms with Gasteiger partial charge in [0.05, 0.1) is 20.7 Å². The van der Waals surface area contributed by atoms with Gasteiger partial charge in [0.25, 0.3) is 5.69 Å². The first kappa shape index (κ1) is 16.9. The van der Waals surface area contributed by atoms with E-state index in [1.807, 2.05) is 0 Å². The standard InChI is InChI=1S/C14H11Cl2N3O4/c1-17-14(20)18-12-4-3-9(7-10(12)15)23-13-5-2-8(19(21)22)6-11(13)16/h2-7H,1H3,(H2,17,18,20). The van der Waals surface area contributed by atoms with Gasteiger partial charge in [0, 0.05) is 25.2 Å².